The van der Waals surface area contributed by atoms with E-state index in [4.69, 9.17) is 14.9 Å². The van der Waals surface area contributed by atoms with E-state index < -0.39 is 5.60 Å². The smallest absolute Gasteiger partial charge is 0.331 e. The molecule has 0 radical (unpaired) electrons. The monoisotopic (exact) mass is 496 g/mol. The Kier molecular flexibility index (Phi) is 6.78. The lowest BCUT2D eigenvalue weighted by molar-refractivity contribution is -0.148. The standard InChI is InChI=1S/C30H32N4O3/c1-30(2,3)37-27(36)20-22-14-8-5-9-15-24(22)34-26(35)18-17-23(31-34)28-25-16-10-11-19-33(25)32-29(28)21-12-6-4-7-13-21/h4,6-7,10-13,16-20,24H,5,8-9,14-15H2,1-3H3. The molecule has 0 saturated heterocycles. The van der Waals surface area contributed by atoms with E-state index in [1.165, 1.54) is 0 Å². The van der Waals surface area contributed by atoms with E-state index in [-0.39, 0.29) is 17.6 Å². The first kappa shape index (κ1) is 24.7. The summed E-state index contributed by atoms with van der Waals surface area (Å²) in [4.78, 5) is 25.9. The molecule has 1 fully saturated rings. The highest BCUT2D eigenvalue weighted by atomic mass is 16.6. The zero-order valence-electron chi connectivity index (χ0n) is 21.6. The molecule has 1 saturated carbocycles. The molecule has 0 aliphatic heterocycles. The van der Waals surface area contributed by atoms with Crippen LogP contribution in [-0.2, 0) is 9.53 Å². The van der Waals surface area contributed by atoms with Gasteiger partial charge < -0.3 is 4.74 Å². The van der Waals surface area contributed by atoms with Crippen molar-refractivity contribution in [3.05, 3.63) is 88.9 Å². The van der Waals surface area contributed by atoms with E-state index in [1.807, 2.05) is 80.0 Å². The number of hydrogen-bond donors (Lipinski definition) is 0. The minimum Gasteiger partial charge on any atom is -0.457 e. The number of allylic oxidation sites excluding steroid dienone is 1. The van der Waals surface area contributed by atoms with Crippen molar-refractivity contribution in [2.75, 3.05) is 0 Å². The summed E-state index contributed by atoms with van der Waals surface area (Å²) in [6, 6.07) is 18.9. The minimum atomic E-state index is -0.583. The van der Waals surface area contributed by atoms with Gasteiger partial charge in [0.15, 0.2) is 0 Å². The van der Waals surface area contributed by atoms with Crippen LogP contribution in [0.1, 0.15) is 58.9 Å². The molecule has 5 rings (SSSR count). The lowest BCUT2D eigenvalue weighted by atomic mass is 10.0. The van der Waals surface area contributed by atoms with Gasteiger partial charge in [-0.2, -0.15) is 10.2 Å². The van der Waals surface area contributed by atoms with Crippen LogP contribution in [0.5, 0.6) is 0 Å². The van der Waals surface area contributed by atoms with Crippen molar-refractivity contribution in [1.29, 1.82) is 0 Å². The zero-order valence-corrected chi connectivity index (χ0v) is 21.6. The average Bonchev–Trinajstić information content (AvgIpc) is 3.11. The number of hydrogen-bond acceptors (Lipinski definition) is 5. The highest BCUT2D eigenvalue weighted by Gasteiger charge is 2.25. The van der Waals surface area contributed by atoms with Gasteiger partial charge in [0.1, 0.15) is 11.3 Å². The molecule has 1 aromatic carbocycles. The summed E-state index contributed by atoms with van der Waals surface area (Å²) in [5.41, 5.74) is 4.33. The number of esters is 1. The Hall–Kier alpha value is -4.00. The van der Waals surface area contributed by atoms with Gasteiger partial charge >= 0.3 is 5.97 Å². The maximum Gasteiger partial charge on any atom is 0.331 e. The SMILES string of the molecule is CC(C)(C)OC(=O)C=C1CCCCCC1n1nc(-c2c(-c3ccccc3)nn3ccccc23)ccc1=O. The van der Waals surface area contributed by atoms with Crippen LogP contribution in [0.3, 0.4) is 0 Å². The number of carbonyl (C=O) groups excluding carboxylic acids is 1. The molecule has 1 aliphatic rings. The minimum absolute atomic E-state index is 0.191. The maximum absolute atomic E-state index is 13.2. The molecule has 190 valence electrons. The van der Waals surface area contributed by atoms with Crippen molar-refractivity contribution < 1.29 is 9.53 Å². The van der Waals surface area contributed by atoms with E-state index in [2.05, 4.69) is 0 Å². The average molecular weight is 497 g/mol. The molecule has 0 amide bonds. The summed E-state index contributed by atoms with van der Waals surface area (Å²) < 4.78 is 8.95. The molecular weight excluding hydrogens is 464 g/mol. The zero-order chi connectivity index (χ0) is 26.0. The van der Waals surface area contributed by atoms with Crippen LogP contribution < -0.4 is 5.56 Å². The second kappa shape index (κ2) is 10.2. The normalized spacial score (nSPS) is 17.6. The molecule has 7 heteroatoms. The molecule has 1 atom stereocenters. The summed E-state index contributed by atoms with van der Waals surface area (Å²) in [6.45, 7) is 5.55. The molecule has 37 heavy (non-hydrogen) atoms. The van der Waals surface area contributed by atoms with Crippen molar-refractivity contribution in [2.45, 2.75) is 64.5 Å². The van der Waals surface area contributed by atoms with Gasteiger partial charge in [0.05, 0.1) is 22.8 Å². The molecule has 4 aromatic rings. The van der Waals surface area contributed by atoms with Gasteiger partial charge in [0.2, 0.25) is 0 Å². The number of nitrogens with zero attached hydrogens (tertiary/aromatic N) is 4. The number of benzene rings is 1. The Morgan fingerprint density at radius 1 is 0.973 bits per heavy atom. The highest BCUT2D eigenvalue weighted by Crippen LogP contribution is 2.35. The second-order valence-electron chi connectivity index (χ2n) is 10.5. The lowest BCUT2D eigenvalue weighted by Crippen LogP contribution is -2.29. The summed E-state index contributed by atoms with van der Waals surface area (Å²) >= 11 is 0. The molecule has 1 unspecified atom stereocenters. The van der Waals surface area contributed by atoms with Crippen LogP contribution in [-0.4, -0.2) is 31.0 Å². The van der Waals surface area contributed by atoms with Gasteiger partial charge in [-0.1, -0.05) is 49.2 Å². The Morgan fingerprint density at radius 2 is 1.76 bits per heavy atom. The fourth-order valence-corrected chi connectivity index (χ4v) is 4.96. The van der Waals surface area contributed by atoms with Crippen LogP contribution in [0.15, 0.2) is 83.3 Å². The number of carbonyl (C=O) groups is 1. The van der Waals surface area contributed by atoms with Crippen molar-refractivity contribution in [3.8, 4) is 22.5 Å². The highest BCUT2D eigenvalue weighted by molar-refractivity contribution is 5.90. The van der Waals surface area contributed by atoms with Crippen molar-refractivity contribution in [1.82, 2.24) is 19.4 Å². The first-order valence-electron chi connectivity index (χ1n) is 12.9. The van der Waals surface area contributed by atoms with Gasteiger partial charge in [-0.15, -0.1) is 0 Å². The Balaban J connectivity index is 1.63. The molecule has 1 aliphatic carbocycles. The number of aromatic nitrogens is 4. The summed E-state index contributed by atoms with van der Waals surface area (Å²) in [5, 5.41) is 9.75. The van der Waals surface area contributed by atoms with Gasteiger partial charge in [-0.25, -0.2) is 14.0 Å². The van der Waals surface area contributed by atoms with Crippen LogP contribution in [0.4, 0.5) is 0 Å². The summed E-state index contributed by atoms with van der Waals surface area (Å²) in [7, 11) is 0. The van der Waals surface area contributed by atoms with Crippen molar-refractivity contribution >= 4 is 11.5 Å². The molecule has 0 N–H and O–H groups in total. The van der Waals surface area contributed by atoms with E-state index in [0.29, 0.717) is 5.69 Å². The lowest BCUT2D eigenvalue weighted by Gasteiger charge is -2.22. The van der Waals surface area contributed by atoms with Crippen LogP contribution in [0.2, 0.25) is 0 Å². The fraction of sp³-hybridized carbons (Fsp3) is 0.333. The first-order valence-corrected chi connectivity index (χ1v) is 12.9. The summed E-state index contributed by atoms with van der Waals surface area (Å²) in [5.74, 6) is -0.382. The third kappa shape index (κ3) is 5.40. The molecule has 3 aromatic heterocycles. The van der Waals surface area contributed by atoms with Crippen LogP contribution in [0.25, 0.3) is 28.0 Å². The molecule has 3 heterocycles. The third-order valence-corrected chi connectivity index (χ3v) is 6.54. The van der Waals surface area contributed by atoms with E-state index in [9.17, 15) is 9.59 Å². The third-order valence-electron chi connectivity index (χ3n) is 6.54. The predicted octanol–water partition coefficient (Wildman–Crippen LogP) is 6.00. The Bertz CT molecular complexity index is 1510. The Morgan fingerprint density at radius 3 is 2.54 bits per heavy atom. The number of rotatable bonds is 4. The quantitative estimate of drug-likeness (QED) is 0.197. The van der Waals surface area contributed by atoms with Gasteiger partial charge in [-0.3, -0.25) is 4.79 Å². The number of fused-ring (bicyclic) bond motifs is 1. The number of ether oxygens (including phenoxy) is 1. The molecule has 0 bridgehead atoms. The molecule has 0 spiro atoms. The van der Waals surface area contributed by atoms with E-state index in [0.717, 1.165) is 60.0 Å². The van der Waals surface area contributed by atoms with Crippen molar-refractivity contribution in [2.24, 2.45) is 0 Å². The van der Waals surface area contributed by atoms with E-state index >= 15 is 0 Å². The van der Waals surface area contributed by atoms with Crippen LogP contribution in [0, 0.1) is 0 Å². The van der Waals surface area contributed by atoms with Crippen LogP contribution >= 0.6 is 0 Å². The fourth-order valence-electron chi connectivity index (χ4n) is 4.96. The largest absolute Gasteiger partial charge is 0.457 e. The topological polar surface area (TPSA) is 78.5 Å². The van der Waals surface area contributed by atoms with Crippen molar-refractivity contribution in [3.63, 3.8) is 0 Å². The van der Waals surface area contributed by atoms with Gasteiger partial charge in [0.25, 0.3) is 5.56 Å². The van der Waals surface area contributed by atoms with Gasteiger partial charge in [0, 0.05) is 23.9 Å². The molecular formula is C30H32N4O3. The first-order chi connectivity index (χ1) is 17.8. The second-order valence-corrected chi connectivity index (χ2v) is 10.5. The maximum atomic E-state index is 13.2. The summed E-state index contributed by atoms with van der Waals surface area (Å²) in [6.07, 6.45) is 7.93. The number of pyridine rings is 1. The predicted molar refractivity (Wildman–Crippen MR) is 144 cm³/mol. The molecule has 7 nitrogen and oxygen atoms in total. The van der Waals surface area contributed by atoms with E-state index in [1.54, 1.807) is 22.9 Å². The Labute approximate surface area is 216 Å². The van der Waals surface area contributed by atoms with Gasteiger partial charge in [-0.05, 0) is 63.8 Å².